The average molecular weight is 584 g/mol. The Bertz CT molecular complexity index is 1430. The lowest BCUT2D eigenvalue weighted by Gasteiger charge is -2.34. The van der Waals surface area contributed by atoms with Crippen LogP contribution in [-0.2, 0) is 32.6 Å². The Kier molecular flexibility index (Phi) is 10.8. The zero-order chi connectivity index (χ0) is 29.4. The molecule has 0 aliphatic heterocycles. The number of amides is 2. The fraction of sp³-hybridized carbons (Fsp3) is 0.355. The zero-order valence-electron chi connectivity index (χ0n) is 23.7. The van der Waals surface area contributed by atoms with Crippen molar-refractivity contribution in [3.05, 3.63) is 100 Å². The molecule has 0 bridgehead atoms. The topological polar surface area (TPSA) is 86.8 Å². The predicted molar refractivity (Wildman–Crippen MR) is 162 cm³/mol. The van der Waals surface area contributed by atoms with E-state index >= 15 is 0 Å². The van der Waals surface area contributed by atoms with Crippen molar-refractivity contribution >= 4 is 39.1 Å². The SMILES string of the molecule is CCC(C)NC(=O)C(Cc1ccccc1)N(Cc1cccc(Cl)c1)C(=O)CN(c1ccc(C)c(C)c1)S(C)(=O)=O. The van der Waals surface area contributed by atoms with E-state index < -0.39 is 28.5 Å². The Balaban J connectivity index is 2.07. The molecular weight excluding hydrogens is 546 g/mol. The molecule has 7 nitrogen and oxygen atoms in total. The number of carbonyl (C=O) groups is 2. The Hall–Kier alpha value is -3.36. The number of benzene rings is 3. The molecule has 2 amide bonds. The average Bonchev–Trinajstić information content (AvgIpc) is 2.90. The number of nitrogens with zero attached hydrogens (tertiary/aromatic N) is 2. The summed E-state index contributed by atoms with van der Waals surface area (Å²) >= 11 is 6.25. The van der Waals surface area contributed by atoms with Crippen LogP contribution in [0.5, 0.6) is 0 Å². The third-order valence-corrected chi connectivity index (χ3v) is 8.35. The molecule has 0 heterocycles. The highest BCUT2D eigenvalue weighted by Gasteiger charge is 2.33. The van der Waals surface area contributed by atoms with Gasteiger partial charge in [-0.25, -0.2) is 8.42 Å². The maximum absolute atomic E-state index is 14.1. The van der Waals surface area contributed by atoms with E-state index in [0.29, 0.717) is 10.7 Å². The van der Waals surface area contributed by atoms with E-state index in [-0.39, 0.29) is 24.9 Å². The molecule has 0 saturated heterocycles. The second kappa shape index (κ2) is 13.8. The van der Waals surface area contributed by atoms with Crippen molar-refractivity contribution in [3.8, 4) is 0 Å². The van der Waals surface area contributed by atoms with Crippen LogP contribution >= 0.6 is 11.6 Å². The van der Waals surface area contributed by atoms with Crippen molar-refractivity contribution in [2.24, 2.45) is 0 Å². The lowest BCUT2D eigenvalue weighted by molar-refractivity contribution is -0.140. The molecule has 40 heavy (non-hydrogen) atoms. The lowest BCUT2D eigenvalue weighted by atomic mass is 10.0. The molecule has 3 aromatic carbocycles. The highest BCUT2D eigenvalue weighted by atomic mass is 35.5. The first-order chi connectivity index (χ1) is 18.9. The molecule has 3 rings (SSSR count). The summed E-state index contributed by atoms with van der Waals surface area (Å²) in [4.78, 5) is 29.3. The molecule has 9 heteroatoms. The zero-order valence-corrected chi connectivity index (χ0v) is 25.3. The van der Waals surface area contributed by atoms with Crippen molar-refractivity contribution < 1.29 is 18.0 Å². The number of carbonyl (C=O) groups excluding carboxylic acids is 2. The summed E-state index contributed by atoms with van der Waals surface area (Å²) in [5.41, 5.74) is 3.92. The Morgan fingerprint density at radius 1 is 0.925 bits per heavy atom. The van der Waals surface area contributed by atoms with Crippen LogP contribution in [-0.4, -0.2) is 50.0 Å². The minimum atomic E-state index is -3.82. The normalized spacial score (nSPS) is 12.8. The number of hydrogen-bond donors (Lipinski definition) is 1. The molecule has 2 atom stereocenters. The van der Waals surface area contributed by atoms with Gasteiger partial charge in [-0.2, -0.15) is 0 Å². The number of rotatable bonds is 12. The van der Waals surface area contributed by atoms with Gasteiger partial charge in [0.25, 0.3) is 0 Å². The van der Waals surface area contributed by atoms with E-state index in [4.69, 9.17) is 11.6 Å². The molecule has 2 unspecified atom stereocenters. The number of hydrogen-bond acceptors (Lipinski definition) is 4. The number of aryl methyl sites for hydroxylation is 2. The molecule has 0 aliphatic rings. The van der Waals surface area contributed by atoms with Gasteiger partial charge in [-0.1, -0.05) is 67.1 Å². The van der Waals surface area contributed by atoms with Gasteiger partial charge in [0.05, 0.1) is 11.9 Å². The molecule has 1 N–H and O–H groups in total. The lowest BCUT2D eigenvalue weighted by Crippen LogP contribution is -2.54. The van der Waals surface area contributed by atoms with Crippen LogP contribution < -0.4 is 9.62 Å². The van der Waals surface area contributed by atoms with Crippen molar-refractivity contribution in [1.29, 1.82) is 0 Å². The van der Waals surface area contributed by atoms with Crippen LogP contribution in [0.2, 0.25) is 5.02 Å². The number of anilines is 1. The van der Waals surface area contributed by atoms with Crippen molar-refractivity contribution in [2.45, 2.75) is 59.2 Å². The van der Waals surface area contributed by atoms with Crippen LogP contribution in [0.4, 0.5) is 5.69 Å². The van der Waals surface area contributed by atoms with Gasteiger partial charge in [-0.05, 0) is 73.7 Å². The van der Waals surface area contributed by atoms with Crippen molar-refractivity contribution in [2.75, 3.05) is 17.1 Å². The van der Waals surface area contributed by atoms with Gasteiger partial charge in [0.2, 0.25) is 21.8 Å². The highest BCUT2D eigenvalue weighted by Crippen LogP contribution is 2.23. The highest BCUT2D eigenvalue weighted by molar-refractivity contribution is 7.92. The quantitative estimate of drug-likeness (QED) is 0.314. The van der Waals surface area contributed by atoms with Gasteiger partial charge in [-0.15, -0.1) is 0 Å². The fourth-order valence-electron chi connectivity index (χ4n) is 4.32. The van der Waals surface area contributed by atoms with Crippen LogP contribution in [0.15, 0.2) is 72.8 Å². The second-order valence-corrected chi connectivity index (χ2v) is 12.6. The van der Waals surface area contributed by atoms with Crippen LogP contribution in [0, 0.1) is 13.8 Å². The maximum atomic E-state index is 14.1. The first-order valence-electron chi connectivity index (χ1n) is 13.3. The summed E-state index contributed by atoms with van der Waals surface area (Å²) in [5.74, 6) is -0.797. The van der Waals surface area contributed by atoms with Crippen LogP contribution in [0.25, 0.3) is 0 Å². The van der Waals surface area contributed by atoms with E-state index in [2.05, 4.69) is 5.32 Å². The molecule has 0 fully saturated rings. The largest absolute Gasteiger partial charge is 0.352 e. The van der Waals surface area contributed by atoms with Gasteiger partial charge in [0.1, 0.15) is 12.6 Å². The van der Waals surface area contributed by atoms with Gasteiger partial charge >= 0.3 is 0 Å². The molecule has 0 radical (unpaired) electrons. The van der Waals surface area contributed by atoms with E-state index in [0.717, 1.165) is 39.2 Å². The van der Waals surface area contributed by atoms with Gasteiger partial charge < -0.3 is 10.2 Å². The monoisotopic (exact) mass is 583 g/mol. The summed E-state index contributed by atoms with van der Waals surface area (Å²) in [6.07, 6.45) is 2.06. The predicted octanol–water partition coefficient (Wildman–Crippen LogP) is 5.28. The van der Waals surface area contributed by atoms with E-state index in [9.17, 15) is 18.0 Å². The molecule has 0 spiro atoms. The Morgan fingerprint density at radius 2 is 1.60 bits per heavy atom. The molecule has 0 aliphatic carbocycles. The minimum Gasteiger partial charge on any atom is -0.352 e. The molecule has 214 valence electrons. The Labute approximate surface area is 243 Å². The fourth-order valence-corrected chi connectivity index (χ4v) is 5.38. The molecule has 0 saturated carbocycles. The van der Waals surface area contributed by atoms with Gasteiger partial charge in [0.15, 0.2) is 0 Å². The number of halogens is 1. The number of nitrogens with one attached hydrogen (secondary N) is 1. The van der Waals surface area contributed by atoms with Gasteiger partial charge in [0, 0.05) is 24.0 Å². The van der Waals surface area contributed by atoms with E-state index in [1.165, 1.54) is 4.90 Å². The second-order valence-electron chi connectivity index (χ2n) is 10.2. The molecular formula is C31H38ClN3O4S. The molecule has 3 aromatic rings. The third kappa shape index (κ3) is 8.57. The van der Waals surface area contributed by atoms with Crippen molar-refractivity contribution in [3.63, 3.8) is 0 Å². The number of sulfonamides is 1. The summed E-state index contributed by atoms with van der Waals surface area (Å²) in [6.45, 7) is 7.33. The van der Waals surface area contributed by atoms with E-state index in [1.807, 2.05) is 70.2 Å². The van der Waals surface area contributed by atoms with Crippen LogP contribution in [0.1, 0.15) is 42.5 Å². The summed E-state index contributed by atoms with van der Waals surface area (Å²) < 4.78 is 26.9. The summed E-state index contributed by atoms with van der Waals surface area (Å²) in [5, 5.41) is 3.52. The first kappa shape index (κ1) is 31.2. The summed E-state index contributed by atoms with van der Waals surface area (Å²) in [7, 11) is -3.82. The maximum Gasteiger partial charge on any atom is 0.244 e. The summed E-state index contributed by atoms with van der Waals surface area (Å²) in [6, 6.07) is 20.8. The smallest absolute Gasteiger partial charge is 0.244 e. The molecule has 0 aromatic heterocycles. The van der Waals surface area contributed by atoms with Gasteiger partial charge in [-0.3, -0.25) is 13.9 Å². The van der Waals surface area contributed by atoms with Crippen molar-refractivity contribution in [1.82, 2.24) is 10.2 Å². The first-order valence-corrected chi connectivity index (χ1v) is 15.5. The van der Waals surface area contributed by atoms with E-state index in [1.54, 1.807) is 30.3 Å². The Morgan fingerprint density at radius 3 is 2.20 bits per heavy atom. The third-order valence-electron chi connectivity index (χ3n) is 6.97. The minimum absolute atomic E-state index is 0.0787. The van der Waals surface area contributed by atoms with Crippen LogP contribution in [0.3, 0.4) is 0 Å². The standard InChI is InChI=1S/C31H38ClN3O4S/c1-6-24(4)33-31(37)29(19-25-11-8-7-9-12-25)34(20-26-13-10-14-27(32)18-26)30(36)21-35(40(5,38)39)28-16-15-22(2)23(3)17-28/h7-18,24,29H,6,19-21H2,1-5H3,(H,33,37).